The normalized spacial score (nSPS) is 13.1. The molecule has 0 spiro atoms. The summed E-state index contributed by atoms with van der Waals surface area (Å²) in [6.45, 7) is 1.75. The van der Waals surface area contributed by atoms with E-state index in [-0.39, 0.29) is 10.6 Å². The second-order valence-corrected chi connectivity index (χ2v) is 8.51. The number of aryl methyl sites for hydroxylation is 3. The maximum Gasteiger partial charge on any atom is 0.328 e. The average molecular weight is 412 g/mol. The standard InChI is InChI=1S/C19H20N6O3S/c1-12-20-18(22-21-12)17(13-7-5-4-6-8-13)23-29(27,28)14-9-10-15-16(11-14)25(3)19(26)24(15)2/h4-11,17,23H,1-3H3,(H,20,21,22). The molecular weight excluding hydrogens is 392 g/mol. The Morgan fingerprint density at radius 3 is 2.38 bits per heavy atom. The lowest BCUT2D eigenvalue weighted by atomic mass is 10.1. The smallest absolute Gasteiger partial charge is 0.295 e. The summed E-state index contributed by atoms with van der Waals surface area (Å²) in [6, 6.07) is 12.9. The van der Waals surface area contributed by atoms with Crippen LogP contribution in [0.4, 0.5) is 0 Å². The second kappa shape index (κ2) is 6.98. The van der Waals surface area contributed by atoms with Gasteiger partial charge in [0.1, 0.15) is 11.9 Å². The van der Waals surface area contributed by atoms with Gasteiger partial charge < -0.3 is 0 Å². The van der Waals surface area contributed by atoms with Crippen molar-refractivity contribution in [3.8, 4) is 0 Å². The lowest BCUT2D eigenvalue weighted by Crippen LogP contribution is -2.30. The molecule has 2 aromatic carbocycles. The molecule has 0 fully saturated rings. The first-order chi connectivity index (χ1) is 13.8. The molecule has 1 atom stereocenters. The minimum atomic E-state index is -3.93. The van der Waals surface area contributed by atoms with Gasteiger partial charge >= 0.3 is 5.69 Å². The van der Waals surface area contributed by atoms with Gasteiger partial charge in [0.2, 0.25) is 10.0 Å². The highest BCUT2D eigenvalue weighted by molar-refractivity contribution is 7.89. The third-order valence-electron chi connectivity index (χ3n) is 4.83. The Morgan fingerprint density at radius 1 is 1.03 bits per heavy atom. The van der Waals surface area contributed by atoms with Crippen LogP contribution in [-0.4, -0.2) is 32.7 Å². The van der Waals surface area contributed by atoms with Gasteiger partial charge in [0.05, 0.1) is 15.9 Å². The van der Waals surface area contributed by atoms with Crippen LogP contribution in [0.15, 0.2) is 58.2 Å². The van der Waals surface area contributed by atoms with Gasteiger partial charge in [0.25, 0.3) is 0 Å². The van der Waals surface area contributed by atoms with E-state index < -0.39 is 16.1 Å². The molecule has 150 valence electrons. The molecule has 0 saturated heterocycles. The molecule has 4 rings (SSSR count). The number of aromatic amines is 1. The summed E-state index contributed by atoms with van der Waals surface area (Å²) in [5.41, 5.74) is 1.68. The van der Waals surface area contributed by atoms with Crippen LogP contribution in [0.25, 0.3) is 11.0 Å². The molecule has 2 N–H and O–H groups in total. The first-order valence-corrected chi connectivity index (χ1v) is 10.4. The Labute approximate surface area is 167 Å². The molecule has 0 aliphatic heterocycles. The summed E-state index contributed by atoms with van der Waals surface area (Å²) in [5, 5.41) is 6.89. The Hall–Kier alpha value is -3.24. The quantitative estimate of drug-likeness (QED) is 0.514. The van der Waals surface area contributed by atoms with Crippen molar-refractivity contribution < 1.29 is 8.42 Å². The number of aromatic nitrogens is 5. The maximum absolute atomic E-state index is 13.2. The monoisotopic (exact) mass is 412 g/mol. The largest absolute Gasteiger partial charge is 0.328 e. The molecule has 0 saturated carbocycles. The van der Waals surface area contributed by atoms with Crippen molar-refractivity contribution >= 4 is 21.1 Å². The third kappa shape index (κ3) is 3.36. The number of benzene rings is 2. The second-order valence-electron chi connectivity index (χ2n) is 6.80. The highest BCUT2D eigenvalue weighted by atomic mass is 32.2. The summed E-state index contributed by atoms with van der Waals surface area (Å²) in [7, 11) is -0.671. The zero-order valence-corrected chi connectivity index (χ0v) is 16.9. The molecule has 2 heterocycles. The van der Waals surface area contributed by atoms with E-state index in [1.165, 1.54) is 21.3 Å². The molecule has 2 aromatic heterocycles. The van der Waals surface area contributed by atoms with Gasteiger partial charge in [0.15, 0.2) is 5.82 Å². The number of sulfonamides is 1. The van der Waals surface area contributed by atoms with Crippen LogP contribution >= 0.6 is 0 Å². The Morgan fingerprint density at radius 2 is 1.72 bits per heavy atom. The van der Waals surface area contributed by atoms with E-state index >= 15 is 0 Å². The van der Waals surface area contributed by atoms with Crippen molar-refractivity contribution in [1.29, 1.82) is 0 Å². The van der Waals surface area contributed by atoms with Gasteiger partial charge in [-0.25, -0.2) is 18.2 Å². The lowest BCUT2D eigenvalue weighted by molar-refractivity contribution is 0.567. The van der Waals surface area contributed by atoms with Crippen LogP contribution in [0.3, 0.4) is 0 Å². The van der Waals surface area contributed by atoms with Crippen LogP contribution in [0.2, 0.25) is 0 Å². The number of fused-ring (bicyclic) bond motifs is 1. The van der Waals surface area contributed by atoms with Crippen LogP contribution in [-0.2, 0) is 24.1 Å². The van der Waals surface area contributed by atoms with Gasteiger partial charge in [0, 0.05) is 14.1 Å². The first kappa shape index (κ1) is 19.1. The Bertz CT molecular complexity index is 1350. The van der Waals surface area contributed by atoms with E-state index in [0.717, 1.165) is 0 Å². The zero-order valence-electron chi connectivity index (χ0n) is 16.1. The Kier molecular flexibility index (Phi) is 4.59. The van der Waals surface area contributed by atoms with Crippen molar-refractivity contribution in [3.63, 3.8) is 0 Å². The molecule has 0 radical (unpaired) electrons. The molecule has 4 aromatic rings. The van der Waals surface area contributed by atoms with E-state index in [4.69, 9.17) is 0 Å². The molecule has 0 amide bonds. The minimum absolute atomic E-state index is 0.0550. The molecule has 29 heavy (non-hydrogen) atoms. The van der Waals surface area contributed by atoms with Crippen molar-refractivity contribution in [2.45, 2.75) is 17.9 Å². The SMILES string of the molecule is Cc1nc(C(NS(=O)(=O)c2ccc3c(c2)n(C)c(=O)n3C)c2ccccc2)n[nH]1. The minimum Gasteiger partial charge on any atom is -0.295 e. The predicted octanol–water partition coefficient (Wildman–Crippen LogP) is 1.37. The number of nitrogens with one attached hydrogen (secondary N) is 2. The maximum atomic E-state index is 13.2. The average Bonchev–Trinajstić information content (AvgIpc) is 3.24. The van der Waals surface area contributed by atoms with Crippen molar-refractivity contribution in [2.75, 3.05) is 0 Å². The van der Waals surface area contributed by atoms with Crippen LogP contribution in [0.1, 0.15) is 23.3 Å². The fourth-order valence-corrected chi connectivity index (χ4v) is 4.48. The topological polar surface area (TPSA) is 115 Å². The third-order valence-corrected chi connectivity index (χ3v) is 6.25. The van der Waals surface area contributed by atoms with Gasteiger partial charge in [-0.1, -0.05) is 30.3 Å². The molecule has 0 aliphatic rings. The number of nitrogens with zero attached hydrogens (tertiary/aromatic N) is 4. The van der Waals surface area contributed by atoms with E-state index in [0.29, 0.717) is 28.2 Å². The summed E-state index contributed by atoms with van der Waals surface area (Å²) in [5.74, 6) is 0.909. The van der Waals surface area contributed by atoms with Gasteiger partial charge in [-0.05, 0) is 30.7 Å². The van der Waals surface area contributed by atoms with Gasteiger partial charge in [-0.3, -0.25) is 14.2 Å². The van der Waals surface area contributed by atoms with E-state index in [9.17, 15) is 13.2 Å². The zero-order chi connectivity index (χ0) is 20.8. The first-order valence-electron chi connectivity index (χ1n) is 8.89. The fourth-order valence-electron chi connectivity index (χ4n) is 3.28. The summed E-state index contributed by atoms with van der Waals surface area (Å²) in [6.07, 6.45) is 0. The highest BCUT2D eigenvalue weighted by Crippen LogP contribution is 2.24. The van der Waals surface area contributed by atoms with Gasteiger partial charge in [-0.2, -0.15) is 9.82 Å². The lowest BCUT2D eigenvalue weighted by Gasteiger charge is -2.16. The van der Waals surface area contributed by atoms with Crippen LogP contribution in [0, 0.1) is 6.92 Å². The summed E-state index contributed by atoms with van der Waals surface area (Å²) in [4.78, 5) is 16.5. The van der Waals surface area contributed by atoms with Gasteiger partial charge in [-0.15, -0.1) is 0 Å². The van der Waals surface area contributed by atoms with Crippen molar-refractivity contribution in [1.82, 2.24) is 29.0 Å². The number of hydrogen-bond acceptors (Lipinski definition) is 5. The number of imidazole rings is 1. The van der Waals surface area contributed by atoms with Crippen LogP contribution < -0.4 is 10.4 Å². The molecule has 9 nitrogen and oxygen atoms in total. The molecule has 0 bridgehead atoms. The molecule has 10 heteroatoms. The number of H-pyrrole nitrogens is 1. The predicted molar refractivity (Wildman–Crippen MR) is 108 cm³/mol. The molecular formula is C19H20N6O3S. The van der Waals surface area contributed by atoms with Crippen molar-refractivity contribution in [2.24, 2.45) is 14.1 Å². The molecule has 0 aliphatic carbocycles. The fraction of sp³-hybridized carbons (Fsp3) is 0.211. The Balaban J connectivity index is 1.78. The van der Waals surface area contributed by atoms with Crippen LogP contribution in [0.5, 0.6) is 0 Å². The highest BCUT2D eigenvalue weighted by Gasteiger charge is 2.26. The van der Waals surface area contributed by atoms with E-state index in [1.54, 1.807) is 27.1 Å². The number of rotatable bonds is 5. The summed E-state index contributed by atoms with van der Waals surface area (Å²) < 4.78 is 31.9. The molecule has 1 unspecified atom stereocenters. The van der Waals surface area contributed by atoms with E-state index in [2.05, 4.69) is 19.9 Å². The van der Waals surface area contributed by atoms with Crippen molar-refractivity contribution in [3.05, 3.63) is 76.2 Å². The van der Waals surface area contributed by atoms with E-state index in [1.807, 2.05) is 30.3 Å². The summed E-state index contributed by atoms with van der Waals surface area (Å²) >= 11 is 0. The number of hydrogen-bond donors (Lipinski definition) is 2.